The van der Waals surface area contributed by atoms with Crippen molar-refractivity contribution >= 4 is 11.9 Å². The van der Waals surface area contributed by atoms with Crippen molar-refractivity contribution in [1.29, 1.82) is 0 Å². The smallest absolute Gasteiger partial charge is 0.408 e. The van der Waals surface area contributed by atoms with E-state index in [-0.39, 0.29) is 5.92 Å². The van der Waals surface area contributed by atoms with Gasteiger partial charge in [-0.2, -0.15) is 0 Å². The third-order valence-electron chi connectivity index (χ3n) is 1.76. The summed E-state index contributed by atoms with van der Waals surface area (Å²) in [6.45, 7) is 8.86. The van der Waals surface area contributed by atoms with Crippen LogP contribution in [0.3, 0.4) is 0 Å². The van der Waals surface area contributed by atoms with Gasteiger partial charge < -0.3 is 10.1 Å². The maximum absolute atomic E-state index is 11.4. The van der Waals surface area contributed by atoms with Crippen LogP contribution in [-0.4, -0.2) is 23.5 Å². The molecule has 0 aromatic heterocycles. The molecule has 0 saturated heterocycles. The van der Waals surface area contributed by atoms with E-state index < -0.39 is 23.5 Å². The Hall–Kier alpha value is -1.50. The molecule has 0 fully saturated rings. The fourth-order valence-electron chi connectivity index (χ4n) is 1.06. The lowest BCUT2D eigenvalue weighted by molar-refractivity contribution is -0.116. The van der Waals surface area contributed by atoms with Crippen molar-refractivity contribution in [2.45, 2.75) is 46.3 Å². The van der Waals surface area contributed by atoms with Gasteiger partial charge in [-0.05, 0) is 32.6 Å². The van der Waals surface area contributed by atoms with Crippen LogP contribution in [0.2, 0.25) is 0 Å². The predicted octanol–water partition coefficient (Wildman–Crippen LogP) is 1.74. The first kappa shape index (κ1) is 14.5. The van der Waals surface area contributed by atoms with Crippen LogP contribution in [0.5, 0.6) is 0 Å². The van der Waals surface area contributed by atoms with Gasteiger partial charge in [-0.25, -0.2) is 4.79 Å². The molecule has 0 rings (SSSR count). The van der Waals surface area contributed by atoms with Gasteiger partial charge in [0.2, 0.25) is 5.78 Å². The molecule has 0 spiro atoms. The molecule has 0 radical (unpaired) electrons. The van der Waals surface area contributed by atoms with E-state index in [4.69, 9.17) is 11.2 Å². The summed E-state index contributed by atoms with van der Waals surface area (Å²) in [5.74, 6) is 1.49. The van der Waals surface area contributed by atoms with Gasteiger partial charge in [-0.3, -0.25) is 4.79 Å². The number of terminal acetylenes is 1. The van der Waals surface area contributed by atoms with Crippen LogP contribution in [0, 0.1) is 18.3 Å². The molecule has 1 N–H and O–H groups in total. The monoisotopic (exact) mass is 225 g/mol. The van der Waals surface area contributed by atoms with Gasteiger partial charge in [0.25, 0.3) is 0 Å². The Labute approximate surface area is 96.7 Å². The van der Waals surface area contributed by atoms with E-state index in [0.717, 1.165) is 0 Å². The Morgan fingerprint density at radius 2 is 1.81 bits per heavy atom. The van der Waals surface area contributed by atoms with Crippen molar-refractivity contribution in [3.8, 4) is 12.3 Å². The fourth-order valence-corrected chi connectivity index (χ4v) is 1.06. The number of hydrogen-bond donors (Lipinski definition) is 1. The summed E-state index contributed by atoms with van der Waals surface area (Å²) in [6, 6.07) is -0.695. The van der Waals surface area contributed by atoms with E-state index in [1.807, 2.05) is 5.92 Å². The highest BCUT2D eigenvalue weighted by Crippen LogP contribution is 2.08. The van der Waals surface area contributed by atoms with E-state index in [1.165, 1.54) is 0 Å². The number of carbonyl (C=O) groups is 2. The van der Waals surface area contributed by atoms with Gasteiger partial charge in [-0.15, -0.1) is 6.42 Å². The second-order valence-corrected chi connectivity index (χ2v) is 4.88. The van der Waals surface area contributed by atoms with Crippen molar-refractivity contribution < 1.29 is 14.3 Å². The number of nitrogens with one attached hydrogen (secondary N) is 1. The van der Waals surface area contributed by atoms with Gasteiger partial charge in [0, 0.05) is 0 Å². The molecule has 90 valence electrons. The van der Waals surface area contributed by atoms with Crippen LogP contribution in [0.15, 0.2) is 0 Å². The SMILES string of the molecule is C#CC(=O)[C@@H](NC(=O)OC(C)(C)C)C(C)C. The third kappa shape index (κ3) is 5.40. The molecule has 0 aliphatic heterocycles. The largest absolute Gasteiger partial charge is 0.444 e. The van der Waals surface area contributed by atoms with Crippen molar-refractivity contribution in [3.05, 3.63) is 0 Å². The molecular weight excluding hydrogens is 206 g/mol. The highest BCUT2D eigenvalue weighted by molar-refractivity contribution is 6.00. The molecule has 1 amide bonds. The van der Waals surface area contributed by atoms with Crippen molar-refractivity contribution in [3.63, 3.8) is 0 Å². The van der Waals surface area contributed by atoms with Gasteiger partial charge >= 0.3 is 6.09 Å². The van der Waals surface area contributed by atoms with Crippen molar-refractivity contribution in [2.24, 2.45) is 5.92 Å². The first-order valence-electron chi connectivity index (χ1n) is 5.17. The zero-order chi connectivity index (χ0) is 12.9. The van der Waals surface area contributed by atoms with Gasteiger partial charge in [0.15, 0.2) is 0 Å². The number of ketones is 1. The first-order valence-corrected chi connectivity index (χ1v) is 5.17. The van der Waals surface area contributed by atoms with Crippen LogP contribution in [-0.2, 0) is 9.53 Å². The van der Waals surface area contributed by atoms with E-state index in [0.29, 0.717) is 0 Å². The second-order valence-electron chi connectivity index (χ2n) is 4.88. The van der Waals surface area contributed by atoms with E-state index >= 15 is 0 Å². The highest BCUT2D eigenvalue weighted by atomic mass is 16.6. The van der Waals surface area contributed by atoms with E-state index in [2.05, 4.69) is 5.32 Å². The normalized spacial score (nSPS) is 12.8. The summed E-state index contributed by atoms with van der Waals surface area (Å²) >= 11 is 0. The molecule has 0 aliphatic carbocycles. The van der Waals surface area contributed by atoms with Crippen LogP contribution < -0.4 is 5.32 Å². The molecule has 0 unspecified atom stereocenters. The van der Waals surface area contributed by atoms with Gasteiger partial charge in [0.1, 0.15) is 11.6 Å². The molecule has 16 heavy (non-hydrogen) atoms. The molecule has 0 saturated carbocycles. The fraction of sp³-hybridized carbons (Fsp3) is 0.667. The Balaban J connectivity index is 4.49. The minimum atomic E-state index is -0.695. The average molecular weight is 225 g/mol. The first-order chi connectivity index (χ1) is 7.17. The number of rotatable bonds is 3. The molecule has 0 heterocycles. The average Bonchev–Trinajstić information content (AvgIpc) is 2.09. The van der Waals surface area contributed by atoms with E-state index in [9.17, 15) is 9.59 Å². The zero-order valence-electron chi connectivity index (χ0n) is 10.5. The van der Waals surface area contributed by atoms with Gasteiger partial charge in [0.05, 0.1) is 0 Å². The number of hydrogen-bond acceptors (Lipinski definition) is 3. The predicted molar refractivity (Wildman–Crippen MR) is 61.8 cm³/mol. The Morgan fingerprint density at radius 3 is 2.12 bits per heavy atom. The summed E-state index contributed by atoms with van der Waals surface area (Å²) in [7, 11) is 0. The maximum Gasteiger partial charge on any atom is 0.408 e. The Kier molecular flexibility index (Phi) is 5.03. The molecular formula is C12H19NO3. The van der Waals surface area contributed by atoms with E-state index in [1.54, 1.807) is 34.6 Å². The highest BCUT2D eigenvalue weighted by Gasteiger charge is 2.25. The minimum Gasteiger partial charge on any atom is -0.444 e. The summed E-state index contributed by atoms with van der Waals surface area (Å²) < 4.78 is 5.04. The summed E-state index contributed by atoms with van der Waals surface area (Å²) in [5.41, 5.74) is -0.592. The zero-order valence-corrected chi connectivity index (χ0v) is 10.5. The number of amides is 1. The third-order valence-corrected chi connectivity index (χ3v) is 1.76. The Morgan fingerprint density at radius 1 is 1.31 bits per heavy atom. The lowest BCUT2D eigenvalue weighted by atomic mass is 10.0. The summed E-state index contributed by atoms with van der Waals surface area (Å²) in [4.78, 5) is 22.8. The number of alkyl carbamates (subject to hydrolysis) is 1. The standard InChI is InChI=1S/C12H19NO3/c1-7-9(14)10(8(2)3)13-11(15)16-12(4,5)6/h1,8,10H,2-6H3,(H,13,15)/t10-/m0/s1. The lowest BCUT2D eigenvalue weighted by Crippen LogP contribution is -2.45. The van der Waals surface area contributed by atoms with Gasteiger partial charge in [-0.1, -0.05) is 13.8 Å². The summed E-state index contributed by atoms with van der Waals surface area (Å²) in [5, 5.41) is 2.47. The number of Topliss-reactive ketones (excluding diaryl/α,β-unsaturated/α-hetero) is 1. The molecule has 4 nitrogen and oxygen atoms in total. The Bertz CT molecular complexity index is 307. The number of carbonyl (C=O) groups excluding carboxylic acids is 2. The topological polar surface area (TPSA) is 55.4 Å². The molecule has 0 bridgehead atoms. The lowest BCUT2D eigenvalue weighted by Gasteiger charge is -2.23. The minimum absolute atomic E-state index is 0.0731. The van der Waals surface area contributed by atoms with Crippen LogP contribution in [0.25, 0.3) is 0 Å². The molecule has 0 aromatic carbocycles. The van der Waals surface area contributed by atoms with Crippen LogP contribution in [0.1, 0.15) is 34.6 Å². The van der Waals surface area contributed by atoms with Crippen LogP contribution >= 0.6 is 0 Å². The molecule has 1 atom stereocenters. The molecule has 0 aromatic rings. The summed E-state index contributed by atoms with van der Waals surface area (Å²) in [6.07, 6.45) is 4.39. The van der Waals surface area contributed by atoms with Crippen molar-refractivity contribution in [2.75, 3.05) is 0 Å². The second kappa shape index (κ2) is 5.55. The van der Waals surface area contributed by atoms with Crippen LogP contribution in [0.4, 0.5) is 4.79 Å². The maximum atomic E-state index is 11.4. The molecule has 4 heteroatoms. The quantitative estimate of drug-likeness (QED) is 0.588. The molecule has 0 aliphatic rings. The van der Waals surface area contributed by atoms with Crippen molar-refractivity contribution in [1.82, 2.24) is 5.32 Å². The number of ether oxygens (including phenoxy) is 1.